The summed E-state index contributed by atoms with van der Waals surface area (Å²) < 4.78 is 0. The fourth-order valence-corrected chi connectivity index (χ4v) is 1.71. The number of benzene rings is 1. The number of hydrogen-bond donors (Lipinski definition) is 0. The summed E-state index contributed by atoms with van der Waals surface area (Å²) in [6.45, 7) is 3.76. The second-order valence-corrected chi connectivity index (χ2v) is 3.73. The van der Waals surface area contributed by atoms with Crippen molar-refractivity contribution in [2.24, 2.45) is 0 Å². The maximum Gasteiger partial charge on any atom is 0.174 e. The van der Waals surface area contributed by atoms with Gasteiger partial charge in [-0.3, -0.25) is 4.79 Å². The van der Waals surface area contributed by atoms with Crippen molar-refractivity contribution in [3.63, 3.8) is 0 Å². The third-order valence-electron chi connectivity index (χ3n) is 2.01. The Kier molecular flexibility index (Phi) is 3.43. The van der Waals surface area contributed by atoms with E-state index < -0.39 is 0 Å². The summed E-state index contributed by atoms with van der Waals surface area (Å²) in [4.78, 5) is 11.5. The first-order chi connectivity index (χ1) is 6.60. The minimum atomic E-state index is -0.0478. The molecule has 0 amide bonds. The van der Waals surface area contributed by atoms with Crippen molar-refractivity contribution in [1.29, 1.82) is 5.26 Å². The summed E-state index contributed by atoms with van der Waals surface area (Å²) in [5.41, 5.74) is 2.87. The van der Waals surface area contributed by atoms with Crippen LogP contribution in [0.1, 0.15) is 27.0 Å². The number of carbonyl (C=O) groups excluding carboxylic acids is 1. The molecule has 0 radical (unpaired) electrons. The number of aryl methyl sites for hydroxylation is 2. The van der Waals surface area contributed by atoms with Gasteiger partial charge in [-0.15, -0.1) is 0 Å². The van der Waals surface area contributed by atoms with Crippen molar-refractivity contribution in [1.82, 2.24) is 0 Å². The van der Waals surface area contributed by atoms with Crippen LogP contribution in [0.5, 0.6) is 0 Å². The Labute approximate surface area is 91.7 Å². The Morgan fingerprint density at radius 2 is 2.14 bits per heavy atom. The molecule has 14 heavy (non-hydrogen) atoms. The average molecular weight is 252 g/mol. The zero-order chi connectivity index (χ0) is 10.7. The van der Waals surface area contributed by atoms with Crippen LogP contribution in [-0.4, -0.2) is 11.1 Å². The van der Waals surface area contributed by atoms with E-state index in [0.29, 0.717) is 11.1 Å². The van der Waals surface area contributed by atoms with E-state index >= 15 is 0 Å². The number of alkyl halides is 1. The number of rotatable bonds is 2. The molecule has 0 atom stereocenters. The number of nitriles is 1. The second-order valence-electron chi connectivity index (χ2n) is 3.17. The zero-order valence-electron chi connectivity index (χ0n) is 8.10. The van der Waals surface area contributed by atoms with E-state index in [0.717, 1.165) is 11.1 Å². The smallest absolute Gasteiger partial charge is 0.174 e. The first kappa shape index (κ1) is 10.9. The van der Waals surface area contributed by atoms with E-state index in [1.807, 2.05) is 19.9 Å². The first-order valence-corrected chi connectivity index (χ1v) is 5.32. The molecular formula is C11H10BrNO. The summed E-state index contributed by atoms with van der Waals surface area (Å²) in [5.74, 6) is -0.0478. The molecule has 72 valence electrons. The number of nitrogens with zero attached hydrogens (tertiary/aromatic N) is 1. The molecule has 0 unspecified atom stereocenters. The molecule has 1 aromatic carbocycles. The summed E-state index contributed by atoms with van der Waals surface area (Å²) >= 11 is 3.11. The van der Waals surface area contributed by atoms with Crippen molar-refractivity contribution in [2.45, 2.75) is 13.8 Å². The predicted molar refractivity (Wildman–Crippen MR) is 58.8 cm³/mol. The Morgan fingerprint density at radius 3 is 2.64 bits per heavy atom. The van der Waals surface area contributed by atoms with Crippen LogP contribution in [0.2, 0.25) is 0 Å². The van der Waals surface area contributed by atoms with E-state index in [9.17, 15) is 4.79 Å². The van der Waals surface area contributed by atoms with E-state index in [1.54, 1.807) is 6.07 Å². The van der Waals surface area contributed by atoms with Crippen LogP contribution in [0.4, 0.5) is 0 Å². The molecule has 2 nitrogen and oxygen atoms in total. The summed E-state index contributed by atoms with van der Waals surface area (Å²) in [7, 11) is 0. The second kappa shape index (κ2) is 4.39. The SMILES string of the molecule is Cc1cc(C)c(C#N)c(C(=O)CBr)c1. The van der Waals surface area contributed by atoms with E-state index in [2.05, 4.69) is 22.0 Å². The van der Waals surface area contributed by atoms with Crippen LogP contribution in [0.15, 0.2) is 12.1 Å². The highest BCUT2D eigenvalue weighted by molar-refractivity contribution is 9.09. The lowest BCUT2D eigenvalue weighted by atomic mass is 9.97. The maximum atomic E-state index is 11.5. The number of Topliss-reactive ketones (excluding diaryl/α,β-unsaturated/α-hetero) is 1. The Morgan fingerprint density at radius 1 is 1.50 bits per heavy atom. The molecule has 0 saturated heterocycles. The van der Waals surface area contributed by atoms with Crippen molar-refractivity contribution in [3.05, 3.63) is 34.4 Å². The molecule has 0 saturated carbocycles. The molecule has 0 aromatic heterocycles. The quantitative estimate of drug-likeness (QED) is 0.599. The highest BCUT2D eigenvalue weighted by atomic mass is 79.9. The molecule has 0 fully saturated rings. The van der Waals surface area contributed by atoms with Gasteiger partial charge in [0.15, 0.2) is 5.78 Å². The van der Waals surface area contributed by atoms with E-state index in [4.69, 9.17) is 5.26 Å². The lowest BCUT2D eigenvalue weighted by molar-refractivity contribution is 0.102. The van der Waals surface area contributed by atoms with Gasteiger partial charge < -0.3 is 0 Å². The molecule has 0 aliphatic carbocycles. The third-order valence-corrected chi connectivity index (χ3v) is 2.52. The molecule has 0 bridgehead atoms. The largest absolute Gasteiger partial charge is 0.293 e. The van der Waals surface area contributed by atoms with Gasteiger partial charge in [-0.05, 0) is 25.5 Å². The number of ketones is 1. The molecule has 0 aliphatic heterocycles. The fourth-order valence-electron chi connectivity index (χ4n) is 1.41. The van der Waals surface area contributed by atoms with Crippen LogP contribution in [-0.2, 0) is 0 Å². The normalized spacial score (nSPS) is 9.57. The van der Waals surface area contributed by atoms with Crippen molar-refractivity contribution < 1.29 is 4.79 Å². The van der Waals surface area contributed by atoms with Gasteiger partial charge in [-0.2, -0.15) is 5.26 Å². The molecule has 0 aliphatic rings. The van der Waals surface area contributed by atoms with Gasteiger partial charge in [0.2, 0.25) is 0 Å². The maximum absolute atomic E-state index is 11.5. The lowest BCUT2D eigenvalue weighted by Gasteiger charge is -2.05. The van der Waals surface area contributed by atoms with Gasteiger partial charge in [0, 0.05) is 5.56 Å². The Hall–Kier alpha value is -1.14. The van der Waals surface area contributed by atoms with Crippen molar-refractivity contribution in [2.75, 3.05) is 5.33 Å². The molecule has 1 rings (SSSR count). The van der Waals surface area contributed by atoms with Crippen molar-refractivity contribution >= 4 is 21.7 Å². The summed E-state index contributed by atoms with van der Waals surface area (Å²) in [5, 5.41) is 9.17. The monoisotopic (exact) mass is 251 g/mol. The van der Waals surface area contributed by atoms with Gasteiger partial charge in [-0.25, -0.2) is 0 Å². The van der Waals surface area contributed by atoms with Gasteiger partial charge in [-0.1, -0.05) is 27.6 Å². The van der Waals surface area contributed by atoms with Crippen LogP contribution in [0.3, 0.4) is 0 Å². The average Bonchev–Trinajstić information content (AvgIpc) is 2.15. The van der Waals surface area contributed by atoms with Crippen LogP contribution >= 0.6 is 15.9 Å². The Balaban J connectivity index is 3.41. The molecule has 0 spiro atoms. The van der Waals surface area contributed by atoms with E-state index in [1.165, 1.54) is 0 Å². The van der Waals surface area contributed by atoms with Crippen molar-refractivity contribution in [3.8, 4) is 6.07 Å². The van der Waals surface area contributed by atoms with Gasteiger partial charge >= 0.3 is 0 Å². The van der Waals surface area contributed by atoms with Crippen LogP contribution < -0.4 is 0 Å². The predicted octanol–water partition coefficient (Wildman–Crippen LogP) is 2.75. The van der Waals surface area contributed by atoms with Gasteiger partial charge in [0.1, 0.15) is 6.07 Å². The van der Waals surface area contributed by atoms with Gasteiger partial charge in [0.05, 0.1) is 10.9 Å². The standard InChI is InChI=1S/C11H10BrNO/c1-7-3-8(2)10(6-13)9(4-7)11(14)5-12/h3-4H,5H2,1-2H3. The topological polar surface area (TPSA) is 40.9 Å². The minimum Gasteiger partial charge on any atom is -0.293 e. The third kappa shape index (κ3) is 2.02. The van der Waals surface area contributed by atoms with Crippen LogP contribution in [0, 0.1) is 25.2 Å². The van der Waals surface area contributed by atoms with Crippen LogP contribution in [0.25, 0.3) is 0 Å². The molecule has 3 heteroatoms. The number of carbonyl (C=O) groups is 1. The number of hydrogen-bond acceptors (Lipinski definition) is 2. The highest BCUT2D eigenvalue weighted by Gasteiger charge is 2.12. The number of halogens is 1. The minimum absolute atomic E-state index is 0.0478. The highest BCUT2D eigenvalue weighted by Crippen LogP contribution is 2.17. The molecule has 1 aromatic rings. The van der Waals surface area contributed by atoms with Gasteiger partial charge in [0.25, 0.3) is 0 Å². The lowest BCUT2D eigenvalue weighted by Crippen LogP contribution is -2.05. The molecule has 0 N–H and O–H groups in total. The molecule has 0 heterocycles. The zero-order valence-corrected chi connectivity index (χ0v) is 9.68. The first-order valence-electron chi connectivity index (χ1n) is 4.20. The fraction of sp³-hybridized carbons (Fsp3) is 0.273. The Bertz CT molecular complexity index is 418. The molecular weight excluding hydrogens is 242 g/mol. The summed E-state index contributed by atoms with van der Waals surface area (Å²) in [6.07, 6.45) is 0. The van der Waals surface area contributed by atoms with E-state index in [-0.39, 0.29) is 11.1 Å². The summed E-state index contributed by atoms with van der Waals surface area (Å²) in [6, 6.07) is 5.73.